The van der Waals surface area contributed by atoms with Crippen molar-refractivity contribution in [2.24, 2.45) is 0 Å². The number of hydrogen-bond donors (Lipinski definition) is 4. The monoisotopic (exact) mass is 209 g/mol. The van der Waals surface area contributed by atoms with Gasteiger partial charge in [-0.1, -0.05) is 6.07 Å². The molecule has 4 N–H and O–H groups in total. The molecule has 1 atom stereocenters. The van der Waals surface area contributed by atoms with Crippen molar-refractivity contribution < 1.29 is 15.3 Å². The molecule has 1 heterocycles. The number of aromatic hydroxyl groups is 2. The first-order valence-corrected chi connectivity index (χ1v) is 5.07. The highest BCUT2D eigenvalue weighted by Crippen LogP contribution is 2.33. The van der Waals surface area contributed by atoms with Gasteiger partial charge >= 0.3 is 0 Å². The number of phenolic OH excluding ortho intramolecular Hbond substituents is 2. The Balaban J connectivity index is 2.31. The van der Waals surface area contributed by atoms with E-state index in [1.54, 1.807) is 6.07 Å². The van der Waals surface area contributed by atoms with E-state index in [2.05, 4.69) is 5.32 Å². The van der Waals surface area contributed by atoms with Crippen LogP contribution in [-0.4, -0.2) is 28.4 Å². The highest BCUT2D eigenvalue weighted by molar-refractivity contribution is 5.42. The lowest BCUT2D eigenvalue weighted by Crippen LogP contribution is -2.43. The average molecular weight is 209 g/mol. The van der Waals surface area contributed by atoms with E-state index in [4.69, 9.17) is 0 Å². The Labute approximate surface area is 88.2 Å². The number of hydrogen-bond acceptors (Lipinski definition) is 4. The number of β-amino-alcohol motifs (C(OH)–C–C–N with tert-alkyl or cyclic N) is 1. The van der Waals surface area contributed by atoms with Crippen molar-refractivity contribution in [2.45, 2.75) is 18.4 Å². The Morgan fingerprint density at radius 2 is 2.00 bits per heavy atom. The van der Waals surface area contributed by atoms with E-state index in [-0.39, 0.29) is 11.5 Å². The summed E-state index contributed by atoms with van der Waals surface area (Å²) in [5, 5.41) is 32.0. The van der Waals surface area contributed by atoms with Gasteiger partial charge in [-0.15, -0.1) is 0 Å². The number of benzene rings is 1. The van der Waals surface area contributed by atoms with Gasteiger partial charge in [-0.05, 0) is 37.1 Å². The number of phenols is 2. The first-order valence-electron chi connectivity index (χ1n) is 5.07. The van der Waals surface area contributed by atoms with Gasteiger partial charge in [0.15, 0.2) is 11.5 Å². The lowest BCUT2D eigenvalue weighted by Gasteiger charge is -2.33. The normalized spacial score (nSPS) is 26.5. The fourth-order valence-electron chi connectivity index (χ4n) is 1.95. The molecule has 1 aromatic carbocycles. The molecule has 1 aliphatic heterocycles. The van der Waals surface area contributed by atoms with Gasteiger partial charge in [-0.3, -0.25) is 0 Å². The van der Waals surface area contributed by atoms with Crippen LogP contribution in [0.25, 0.3) is 0 Å². The molecule has 0 aromatic heterocycles. The predicted molar refractivity (Wildman–Crippen MR) is 55.8 cm³/mol. The van der Waals surface area contributed by atoms with Crippen molar-refractivity contribution in [2.75, 3.05) is 13.1 Å². The summed E-state index contributed by atoms with van der Waals surface area (Å²) in [4.78, 5) is 0. The van der Waals surface area contributed by atoms with Crippen molar-refractivity contribution in [1.82, 2.24) is 5.32 Å². The van der Waals surface area contributed by atoms with Crippen molar-refractivity contribution in [3.05, 3.63) is 23.8 Å². The number of nitrogens with one attached hydrogen (secondary N) is 1. The molecule has 0 amide bonds. The molecule has 4 heteroatoms. The van der Waals surface area contributed by atoms with Gasteiger partial charge in [-0.2, -0.15) is 0 Å². The van der Waals surface area contributed by atoms with Gasteiger partial charge in [0.1, 0.15) is 5.60 Å². The third-order valence-corrected chi connectivity index (χ3v) is 2.87. The molecule has 0 bridgehead atoms. The quantitative estimate of drug-likeness (QED) is 0.513. The van der Waals surface area contributed by atoms with Crippen LogP contribution >= 0.6 is 0 Å². The van der Waals surface area contributed by atoms with E-state index in [0.29, 0.717) is 18.5 Å². The molecule has 15 heavy (non-hydrogen) atoms. The van der Waals surface area contributed by atoms with Crippen molar-refractivity contribution in [3.63, 3.8) is 0 Å². The first-order chi connectivity index (χ1) is 7.12. The first kappa shape index (κ1) is 10.3. The molecular formula is C11H15NO3. The van der Waals surface area contributed by atoms with Crippen molar-refractivity contribution >= 4 is 0 Å². The minimum absolute atomic E-state index is 0.161. The lowest BCUT2D eigenvalue weighted by atomic mass is 9.86. The van der Waals surface area contributed by atoms with Crippen LogP contribution in [0.1, 0.15) is 18.4 Å². The van der Waals surface area contributed by atoms with Gasteiger partial charge in [0.25, 0.3) is 0 Å². The molecule has 1 saturated heterocycles. The smallest absolute Gasteiger partial charge is 0.157 e. The summed E-state index contributed by atoms with van der Waals surface area (Å²) in [5.41, 5.74) is -0.284. The highest BCUT2D eigenvalue weighted by Gasteiger charge is 2.31. The van der Waals surface area contributed by atoms with Crippen LogP contribution in [0.5, 0.6) is 11.5 Å². The van der Waals surface area contributed by atoms with E-state index in [9.17, 15) is 15.3 Å². The van der Waals surface area contributed by atoms with E-state index in [0.717, 1.165) is 13.0 Å². The van der Waals surface area contributed by atoms with Gasteiger partial charge in [0, 0.05) is 6.54 Å². The average Bonchev–Trinajstić information content (AvgIpc) is 2.23. The SMILES string of the molecule is Oc1ccc([C@@]2(O)CCCNC2)cc1O. The molecule has 1 fully saturated rings. The number of aliphatic hydroxyl groups is 1. The molecule has 82 valence electrons. The molecule has 0 aliphatic carbocycles. The third kappa shape index (κ3) is 1.91. The summed E-state index contributed by atoms with van der Waals surface area (Å²) in [6, 6.07) is 4.46. The Morgan fingerprint density at radius 1 is 1.20 bits per heavy atom. The fraction of sp³-hybridized carbons (Fsp3) is 0.455. The molecule has 2 rings (SSSR count). The zero-order valence-corrected chi connectivity index (χ0v) is 8.40. The zero-order chi connectivity index (χ0) is 10.9. The highest BCUT2D eigenvalue weighted by atomic mass is 16.3. The summed E-state index contributed by atoms with van der Waals surface area (Å²) < 4.78 is 0. The topological polar surface area (TPSA) is 72.7 Å². The van der Waals surface area contributed by atoms with Crippen LogP contribution in [0.2, 0.25) is 0 Å². The molecule has 0 saturated carbocycles. The van der Waals surface area contributed by atoms with E-state index in [1.165, 1.54) is 12.1 Å². The standard InChI is InChI=1S/C11H15NO3/c13-9-3-2-8(6-10(9)14)11(15)4-1-5-12-7-11/h2-3,6,12-15H,1,4-5,7H2/t11-/m1/s1. The van der Waals surface area contributed by atoms with Crippen LogP contribution in [0, 0.1) is 0 Å². The number of piperidine rings is 1. The summed E-state index contributed by atoms with van der Waals surface area (Å²) >= 11 is 0. The molecule has 0 radical (unpaired) electrons. The van der Waals surface area contributed by atoms with Crippen LogP contribution in [0.4, 0.5) is 0 Å². The second-order valence-corrected chi connectivity index (χ2v) is 4.02. The second kappa shape index (κ2) is 3.72. The van der Waals surface area contributed by atoms with E-state index < -0.39 is 5.60 Å². The van der Waals surface area contributed by atoms with Crippen LogP contribution in [0.15, 0.2) is 18.2 Å². The zero-order valence-electron chi connectivity index (χ0n) is 8.40. The maximum Gasteiger partial charge on any atom is 0.157 e. The Morgan fingerprint density at radius 3 is 2.60 bits per heavy atom. The van der Waals surface area contributed by atoms with E-state index >= 15 is 0 Å². The largest absolute Gasteiger partial charge is 0.504 e. The van der Waals surface area contributed by atoms with E-state index in [1.807, 2.05) is 0 Å². The van der Waals surface area contributed by atoms with Gasteiger partial charge < -0.3 is 20.6 Å². The predicted octanol–water partition coefficient (Wildman–Crippen LogP) is 0.669. The molecular weight excluding hydrogens is 194 g/mol. The van der Waals surface area contributed by atoms with Crippen molar-refractivity contribution in [1.29, 1.82) is 0 Å². The Bertz CT molecular complexity index is 359. The van der Waals surface area contributed by atoms with Crippen LogP contribution < -0.4 is 5.32 Å². The second-order valence-electron chi connectivity index (χ2n) is 4.02. The fourth-order valence-corrected chi connectivity index (χ4v) is 1.95. The van der Waals surface area contributed by atoms with Crippen LogP contribution in [-0.2, 0) is 5.60 Å². The van der Waals surface area contributed by atoms with Crippen LogP contribution in [0.3, 0.4) is 0 Å². The van der Waals surface area contributed by atoms with Gasteiger partial charge in [0.05, 0.1) is 0 Å². The van der Waals surface area contributed by atoms with Gasteiger partial charge in [-0.25, -0.2) is 0 Å². The lowest BCUT2D eigenvalue weighted by molar-refractivity contribution is 0.0121. The molecule has 0 spiro atoms. The third-order valence-electron chi connectivity index (χ3n) is 2.87. The minimum Gasteiger partial charge on any atom is -0.504 e. The molecule has 0 unspecified atom stereocenters. The minimum atomic E-state index is -0.927. The molecule has 1 aromatic rings. The molecule has 1 aliphatic rings. The summed E-state index contributed by atoms with van der Waals surface area (Å²) in [5.74, 6) is -0.349. The molecule has 4 nitrogen and oxygen atoms in total. The Kier molecular flexibility index (Phi) is 2.54. The summed E-state index contributed by atoms with van der Waals surface area (Å²) in [6.07, 6.45) is 1.57. The van der Waals surface area contributed by atoms with Crippen molar-refractivity contribution in [3.8, 4) is 11.5 Å². The van der Waals surface area contributed by atoms with Gasteiger partial charge in [0.2, 0.25) is 0 Å². The Hall–Kier alpha value is -1.26. The summed E-state index contributed by atoms with van der Waals surface area (Å²) in [7, 11) is 0. The maximum atomic E-state index is 10.3. The summed E-state index contributed by atoms with van der Waals surface area (Å²) in [6.45, 7) is 1.39. The maximum absolute atomic E-state index is 10.3. The number of rotatable bonds is 1.